The molecule has 0 saturated carbocycles. The maximum atomic E-state index is 3.56. The summed E-state index contributed by atoms with van der Waals surface area (Å²) in [6, 6.07) is 1.33. The average Bonchev–Trinajstić information content (AvgIpc) is 2.14. The van der Waals surface area contributed by atoms with Crippen molar-refractivity contribution in [3.63, 3.8) is 0 Å². The van der Waals surface area contributed by atoms with E-state index in [0.717, 1.165) is 12.6 Å². The molecule has 0 rings (SSSR count). The summed E-state index contributed by atoms with van der Waals surface area (Å²) in [6.45, 7) is 14.6. The minimum Gasteiger partial charge on any atom is -0.311 e. The van der Waals surface area contributed by atoms with Crippen LogP contribution in [-0.4, -0.2) is 36.1 Å². The second-order valence-electron chi connectivity index (χ2n) is 5.62. The lowest BCUT2D eigenvalue weighted by atomic mass is 10.1. The highest BCUT2D eigenvalue weighted by atomic mass is 15.2. The number of nitrogens with zero attached hydrogens (tertiary/aromatic N) is 1. The van der Waals surface area contributed by atoms with Crippen LogP contribution in [0.25, 0.3) is 0 Å². The molecule has 0 aliphatic rings. The van der Waals surface area contributed by atoms with Gasteiger partial charge in [0.2, 0.25) is 0 Å². The van der Waals surface area contributed by atoms with Crippen LogP contribution in [0.1, 0.15) is 54.4 Å². The van der Waals surface area contributed by atoms with Gasteiger partial charge in [0.1, 0.15) is 0 Å². The summed E-state index contributed by atoms with van der Waals surface area (Å²) in [7, 11) is 2.24. The zero-order valence-corrected chi connectivity index (χ0v) is 11.7. The second-order valence-corrected chi connectivity index (χ2v) is 5.62. The molecule has 2 heteroatoms. The van der Waals surface area contributed by atoms with Crippen LogP contribution in [0.5, 0.6) is 0 Å². The van der Waals surface area contributed by atoms with Crippen LogP contribution < -0.4 is 5.32 Å². The van der Waals surface area contributed by atoms with Gasteiger partial charge in [0.05, 0.1) is 0 Å². The molecule has 0 aromatic rings. The summed E-state index contributed by atoms with van der Waals surface area (Å²) in [5, 5.41) is 3.56. The molecule has 0 saturated heterocycles. The Hall–Kier alpha value is -0.0800. The van der Waals surface area contributed by atoms with Gasteiger partial charge in [0.25, 0.3) is 0 Å². The van der Waals surface area contributed by atoms with Crippen LogP contribution in [0.15, 0.2) is 0 Å². The van der Waals surface area contributed by atoms with Gasteiger partial charge in [-0.15, -0.1) is 0 Å². The lowest BCUT2D eigenvalue weighted by Crippen LogP contribution is -2.47. The molecular formula is C13H30N2. The van der Waals surface area contributed by atoms with E-state index >= 15 is 0 Å². The van der Waals surface area contributed by atoms with Gasteiger partial charge in [0, 0.05) is 24.2 Å². The first-order valence-electron chi connectivity index (χ1n) is 6.28. The molecule has 1 unspecified atom stereocenters. The fraction of sp³-hybridized carbons (Fsp3) is 1.00. The highest BCUT2D eigenvalue weighted by Gasteiger charge is 2.18. The van der Waals surface area contributed by atoms with Crippen LogP contribution in [-0.2, 0) is 0 Å². The summed E-state index contributed by atoms with van der Waals surface area (Å²) in [5.74, 6) is 0. The Bertz CT molecular complexity index is 156. The lowest BCUT2D eigenvalue weighted by molar-refractivity contribution is 0.164. The van der Waals surface area contributed by atoms with Crippen molar-refractivity contribution in [2.75, 3.05) is 13.6 Å². The molecule has 15 heavy (non-hydrogen) atoms. The van der Waals surface area contributed by atoms with Gasteiger partial charge in [-0.05, 0) is 47.6 Å². The van der Waals surface area contributed by atoms with E-state index in [9.17, 15) is 0 Å². The van der Waals surface area contributed by atoms with Gasteiger partial charge in [-0.2, -0.15) is 0 Å². The molecular weight excluding hydrogens is 184 g/mol. The zero-order valence-electron chi connectivity index (χ0n) is 11.7. The molecule has 0 aromatic heterocycles. The van der Waals surface area contributed by atoms with Gasteiger partial charge in [0.15, 0.2) is 0 Å². The number of hydrogen-bond acceptors (Lipinski definition) is 2. The fourth-order valence-electron chi connectivity index (χ4n) is 1.82. The molecule has 0 fully saturated rings. The number of hydrogen-bond donors (Lipinski definition) is 1. The first kappa shape index (κ1) is 14.9. The highest BCUT2D eigenvalue weighted by molar-refractivity contribution is 4.77. The van der Waals surface area contributed by atoms with E-state index in [0.29, 0.717) is 6.04 Å². The van der Waals surface area contributed by atoms with Gasteiger partial charge >= 0.3 is 0 Å². The molecule has 0 aromatic carbocycles. The minimum atomic E-state index is 0.225. The highest BCUT2D eigenvalue weighted by Crippen LogP contribution is 2.10. The smallest absolute Gasteiger partial charge is 0.0192 e. The summed E-state index contributed by atoms with van der Waals surface area (Å²) in [5.41, 5.74) is 0.225. The Kier molecular flexibility index (Phi) is 6.46. The molecule has 0 aliphatic carbocycles. The van der Waals surface area contributed by atoms with Crippen molar-refractivity contribution in [1.82, 2.24) is 10.2 Å². The topological polar surface area (TPSA) is 15.3 Å². The van der Waals surface area contributed by atoms with E-state index in [2.05, 4.69) is 58.8 Å². The van der Waals surface area contributed by atoms with E-state index in [-0.39, 0.29) is 5.54 Å². The van der Waals surface area contributed by atoms with E-state index in [1.165, 1.54) is 12.8 Å². The van der Waals surface area contributed by atoms with Gasteiger partial charge in [-0.1, -0.05) is 13.8 Å². The molecule has 2 nitrogen and oxygen atoms in total. The molecule has 0 bridgehead atoms. The van der Waals surface area contributed by atoms with Gasteiger partial charge in [-0.25, -0.2) is 0 Å². The fourth-order valence-corrected chi connectivity index (χ4v) is 1.82. The number of rotatable bonds is 6. The summed E-state index contributed by atoms with van der Waals surface area (Å²) in [6.07, 6.45) is 2.49. The van der Waals surface area contributed by atoms with Crippen LogP contribution in [0.2, 0.25) is 0 Å². The number of nitrogens with one attached hydrogen (secondary N) is 1. The summed E-state index contributed by atoms with van der Waals surface area (Å²) < 4.78 is 0. The molecule has 92 valence electrons. The Labute approximate surface area is 96.4 Å². The van der Waals surface area contributed by atoms with Crippen LogP contribution in [0.4, 0.5) is 0 Å². The second kappa shape index (κ2) is 6.49. The molecule has 1 atom stereocenters. The van der Waals surface area contributed by atoms with E-state index in [1.807, 2.05) is 0 Å². The zero-order chi connectivity index (χ0) is 12.1. The van der Waals surface area contributed by atoms with Crippen molar-refractivity contribution in [2.45, 2.75) is 72.0 Å². The van der Waals surface area contributed by atoms with Crippen molar-refractivity contribution in [3.05, 3.63) is 0 Å². The third-order valence-corrected chi connectivity index (χ3v) is 3.14. The van der Waals surface area contributed by atoms with Crippen molar-refractivity contribution in [3.8, 4) is 0 Å². The summed E-state index contributed by atoms with van der Waals surface area (Å²) >= 11 is 0. The largest absolute Gasteiger partial charge is 0.311 e. The van der Waals surface area contributed by atoms with Gasteiger partial charge in [-0.3, -0.25) is 4.90 Å². The predicted octanol–water partition coefficient (Wildman–Crippen LogP) is 2.88. The molecule has 1 N–H and O–H groups in total. The van der Waals surface area contributed by atoms with E-state index < -0.39 is 0 Å². The molecule has 0 aliphatic heterocycles. The van der Waals surface area contributed by atoms with Crippen molar-refractivity contribution in [2.24, 2.45) is 0 Å². The Morgan fingerprint density at radius 3 is 1.93 bits per heavy atom. The molecule has 0 amide bonds. The van der Waals surface area contributed by atoms with Crippen LogP contribution >= 0.6 is 0 Å². The van der Waals surface area contributed by atoms with Crippen molar-refractivity contribution >= 4 is 0 Å². The predicted molar refractivity (Wildman–Crippen MR) is 69.4 cm³/mol. The Balaban J connectivity index is 4.03. The van der Waals surface area contributed by atoms with Crippen LogP contribution in [0.3, 0.4) is 0 Å². The first-order valence-corrected chi connectivity index (χ1v) is 6.28. The SMILES string of the molecule is CCC(CC)N(C)C(C)CNC(C)(C)C. The van der Waals surface area contributed by atoms with E-state index in [1.54, 1.807) is 0 Å². The Morgan fingerprint density at radius 1 is 1.13 bits per heavy atom. The minimum absolute atomic E-state index is 0.225. The van der Waals surface area contributed by atoms with Crippen molar-refractivity contribution < 1.29 is 0 Å². The first-order chi connectivity index (χ1) is 6.81. The third kappa shape index (κ3) is 6.16. The number of likely N-dealkylation sites (N-methyl/N-ethyl adjacent to an activating group) is 1. The van der Waals surface area contributed by atoms with Crippen LogP contribution in [0, 0.1) is 0 Å². The Morgan fingerprint density at radius 2 is 1.60 bits per heavy atom. The molecule has 0 radical (unpaired) electrons. The van der Waals surface area contributed by atoms with Crippen molar-refractivity contribution in [1.29, 1.82) is 0 Å². The van der Waals surface area contributed by atoms with E-state index in [4.69, 9.17) is 0 Å². The molecule has 0 spiro atoms. The average molecular weight is 214 g/mol. The quantitative estimate of drug-likeness (QED) is 0.731. The summed E-state index contributed by atoms with van der Waals surface area (Å²) in [4.78, 5) is 2.50. The maximum absolute atomic E-state index is 3.56. The molecule has 0 heterocycles. The van der Waals surface area contributed by atoms with Gasteiger partial charge < -0.3 is 5.32 Å². The standard InChI is InChI=1S/C13H30N2/c1-8-12(9-2)15(7)11(3)10-14-13(4,5)6/h11-12,14H,8-10H2,1-7H3. The normalized spacial score (nSPS) is 15.0. The maximum Gasteiger partial charge on any atom is 0.0192 e. The monoisotopic (exact) mass is 214 g/mol. The lowest BCUT2D eigenvalue weighted by Gasteiger charge is -2.34. The third-order valence-electron chi connectivity index (χ3n) is 3.14.